The van der Waals surface area contributed by atoms with Gasteiger partial charge in [0.1, 0.15) is 5.52 Å². The molecule has 3 rings (SSSR count). The summed E-state index contributed by atoms with van der Waals surface area (Å²) in [6.45, 7) is 2.07. The van der Waals surface area contributed by atoms with Crippen LogP contribution in [0.2, 0.25) is 0 Å². The molecule has 0 radical (unpaired) electrons. The molecule has 0 amide bonds. The van der Waals surface area contributed by atoms with E-state index >= 15 is 0 Å². The molecule has 0 aliphatic rings. The van der Waals surface area contributed by atoms with Crippen molar-refractivity contribution in [2.75, 3.05) is 5.73 Å². The highest BCUT2D eigenvalue weighted by Gasteiger charge is 2.14. The minimum Gasteiger partial charge on any atom is -0.434 e. The Morgan fingerprint density at radius 3 is 2.89 bits per heavy atom. The van der Waals surface area contributed by atoms with Gasteiger partial charge < -0.3 is 10.2 Å². The SMILES string of the molecule is Cc1cccc(-c2nc3cc(Br)cc(N)c3o2)c1I. The van der Waals surface area contributed by atoms with Gasteiger partial charge in [0.05, 0.1) is 11.3 Å². The summed E-state index contributed by atoms with van der Waals surface area (Å²) in [6.07, 6.45) is 0. The number of oxazole rings is 1. The van der Waals surface area contributed by atoms with Gasteiger partial charge in [0.15, 0.2) is 5.58 Å². The monoisotopic (exact) mass is 428 g/mol. The number of benzene rings is 2. The standard InChI is InChI=1S/C14H10BrIN2O/c1-7-3-2-4-9(12(7)16)14-18-11-6-8(15)5-10(17)13(11)19-14/h2-6H,17H2,1H3. The van der Waals surface area contributed by atoms with E-state index in [2.05, 4.69) is 56.5 Å². The molecule has 2 aromatic carbocycles. The van der Waals surface area contributed by atoms with Gasteiger partial charge in [-0.2, -0.15) is 0 Å². The Bertz CT molecular complexity index is 782. The molecular formula is C14H10BrIN2O. The van der Waals surface area contributed by atoms with Gasteiger partial charge in [0.2, 0.25) is 5.89 Å². The van der Waals surface area contributed by atoms with Crippen molar-refractivity contribution in [3.63, 3.8) is 0 Å². The fourth-order valence-corrected chi connectivity index (χ4v) is 3.00. The van der Waals surface area contributed by atoms with Crippen molar-refractivity contribution in [2.45, 2.75) is 6.92 Å². The van der Waals surface area contributed by atoms with Crippen LogP contribution in [0.3, 0.4) is 0 Å². The molecular weight excluding hydrogens is 419 g/mol. The smallest absolute Gasteiger partial charge is 0.228 e. The number of nitrogens with two attached hydrogens (primary N) is 1. The number of hydrogen-bond donors (Lipinski definition) is 1. The molecule has 0 unspecified atom stereocenters. The zero-order chi connectivity index (χ0) is 13.6. The average Bonchev–Trinajstić information content (AvgIpc) is 2.76. The van der Waals surface area contributed by atoms with Gasteiger partial charge in [-0.1, -0.05) is 28.1 Å². The number of aromatic nitrogens is 1. The van der Waals surface area contributed by atoms with Crippen molar-refractivity contribution in [1.29, 1.82) is 0 Å². The highest BCUT2D eigenvalue weighted by Crippen LogP contribution is 2.33. The lowest BCUT2D eigenvalue weighted by Gasteiger charge is -2.02. The normalized spacial score (nSPS) is 11.1. The van der Waals surface area contributed by atoms with E-state index in [9.17, 15) is 0 Å². The van der Waals surface area contributed by atoms with E-state index in [1.54, 1.807) is 0 Å². The molecule has 0 atom stereocenters. The zero-order valence-electron chi connectivity index (χ0n) is 10.1. The minimum absolute atomic E-state index is 0.589. The van der Waals surface area contributed by atoms with Gasteiger partial charge in [0.25, 0.3) is 0 Å². The van der Waals surface area contributed by atoms with Crippen molar-refractivity contribution in [2.24, 2.45) is 0 Å². The second kappa shape index (κ2) is 4.79. The van der Waals surface area contributed by atoms with Crippen LogP contribution in [0.4, 0.5) is 5.69 Å². The number of rotatable bonds is 1. The molecule has 1 aromatic heterocycles. The second-order valence-electron chi connectivity index (χ2n) is 4.30. The average molecular weight is 429 g/mol. The Hall–Kier alpha value is -1.08. The molecule has 19 heavy (non-hydrogen) atoms. The molecule has 1 heterocycles. The summed E-state index contributed by atoms with van der Waals surface area (Å²) in [5.74, 6) is 0.605. The van der Waals surface area contributed by atoms with Crippen molar-refractivity contribution in [3.8, 4) is 11.5 Å². The summed E-state index contributed by atoms with van der Waals surface area (Å²) in [5, 5.41) is 0. The van der Waals surface area contributed by atoms with E-state index in [1.165, 1.54) is 5.56 Å². The van der Waals surface area contributed by atoms with Gasteiger partial charge in [-0.15, -0.1) is 0 Å². The van der Waals surface area contributed by atoms with Crippen LogP contribution in [0.15, 0.2) is 39.2 Å². The van der Waals surface area contributed by atoms with Crippen molar-refractivity contribution >= 4 is 55.3 Å². The zero-order valence-corrected chi connectivity index (χ0v) is 13.8. The summed E-state index contributed by atoms with van der Waals surface area (Å²) in [7, 11) is 0. The Balaban J connectivity index is 2.26. The van der Waals surface area contributed by atoms with Crippen molar-refractivity contribution in [3.05, 3.63) is 43.9 Å². The summed E-state index contributed by atoms with van der Waals surface area (Å²) in [4.78, 5) is 4.53. The number of halogens is 2. The van der Waals surface area contributed by atoms with Crippen LogP contribution in [0.25, 0.3) is 22.6 Å². The summed E-state index contributed by atoms with van der Waals surface area (Å²) >= 11 is 5.72. The molecule has 0 saturated carbocycles. The van der Waals surface area contributed by atoms with Gasteiger partial charge in [0, 0.05) is 8.04 Å². The van der Waals surface area contributed by atoms with Crippen LogP contribution in [-0.2, 0) is 0 Å². The largest absolute Gasteiger partial charge is 0.434 e. The first-order chi connectivity index (χ1) is 9.06. The maximum atomic E-state index is 5.95. The van der Waals surface area contributed by atoms with E-state index in [-0.39, 0.29) is 0 Å². The first-order valence-electron chi connectivity index (χ1n) is 5.67. The molecule has 0 fully saturated rings. The Morgan fingerprint density at radius 1 is 1.32 bits per heavy atom. The molecule has 2 N–H and O–H groups in total. The van der Waals surface area contributed by atoms with Crippen LogP contribution >= 0.6 is 38.5 Å². The van der Waals surface area contributed by atoms with Crippen LogP contribution < -0.4 is 5.73 Å². The number of anilines is 1. The first-order valence-corrected chi connectivity index (χ1v) is 7.54. The molecule has 0 bridgehead atoms. The molecule has 3 aromatic rings. The van der Waals surface area contributed by atoms with E-state index in [1.807, 2.05) is 24.3 Å². The summed E-state index contributed by atoms with van der Waals surface area (Å²) in [6, 6.07) is 9.80. The third-order valence-electron chi connectivity index (χ3n) is 2.91. The van der Waals surface area contributed by atoms with Crippen LogP contribution in [0.5, 0.6) is 0 Å². The second-order valence-corrected chi connectivity index (χ2v) is 6.29. The van der Waals surface area contributed by atoms with E-state index in [4.69, 9.17) is 10.2 Å². The minimum atomic E-state index is 0.589. The van der Waals surface area contributed by atoms with Crippen molar-refractivity contribution in [1.82, 2.24) is 4.98 Å². The molecule has 96 valence electrons. The van der Waals surface area contributed by atoms with Gasteiger partial charge in [-0.05, 0) is 53.3 Å². The predicted octanol–water partition coefficient (Wildman–Crippen LogP) is 4.75. The van der Waals surface area contributed by atoms with E-state index in [0.717, 1.165) is 19.1 Å². The molecule has 0 saturated heterocycles. The quantitative estimate of drug-likeness (QED) is 0.449. The molecule has 0 aliphatic carbocycles. The molecule has 0 aliphatic heterocycles. The Labute approximate surface area is 132 Å². The van der Waals surface area contributed by atoms with Gasteiger partial charge in [-0.3, -0.25) is 0 Å². The maximum absolute atomic E-state index is 5.95. The lowest BCUT2D eigenvalue weighted by Crippen LogP contribution is -1.86. The highest BCUT2D eigenvalue weighted by molar-refractivity contribution is 14.1. The maximum Gasteiger partial charge on any atom is 0.228 e. The molecule has 3 nitrogen and oxygen atoms in total. The number of fused-ring (bicyclic) bond motifs is 1. The van der Waals surface area contributed by atoms with Crippen LogP contribution in [0, 0.1) is 10.5 Å². The van der Waals surface area contributed by atoms with E-state index < -0.39 is 0 Å². The fourth-order valence-electron chi connectivity index (χ4n) is 1.95. The highest BCUT2D eigenvalue weighted by atomic mass is 127. The fraction of sp³-hybridized carbons (Fsp3) is 0.0714. The third kappa shape index (κ3) is 2.25. The van der Waals surface area contributed by atoms with Gasteiger partial charge >= 0.3 is 0 Å². The third-order valence-corrected chi connectivity index (χ3v) is 4.80. The summed E-state index contributed by atoms with van der Waals surface area (Å²) in [5.41, 5.74) is 10.1. The Kier molecular flexibility index (Phi) is 3.26. The number of aryl methyl sites for hydroxylation is 1. The molecule has 0 spiro atoms. The molecule has 5 heteroatoms. The van der Waals surface area contributed by atoms with E-state index in [0.29, 0.717) is 17.2 Å². The van der Waals surface area contributed by atoms with Crippen LogP contribution in [-0.4, -0.2) is 4.98 Å². The lowest BCUT2D eigenvalue weighted by atomic mass is 10.1. The Morgan fingerprint density at radius 2 is 2.11 bits per heavy atom. The van der Waals surface area contributed by atoms with Crippen molar-refractivity contribution < 1.29 is 4.42 Å². The number of hydrogen-bond acceptors (Lipinski definition) is 3. The van der Waals surface area contributed by atoms with Gasteiger partial charge in [-0.25, -0.2) is 4.98 Å². The first kappa shape index (κ1) is 12.9. The lowest BCUT2D eigenvalue weighted by molar-refractivity contribution is 0.620. The number of nitrogens with zero attached hydrogens (tertiary/aromatic N) is 1. The topological polar surface area (TPSA) is 52.0 Å². The summed E-state index contributed by atoms with van der Waals surface area (Å²) < 4.78 is 7.86. The number of nitrogen functional groups attached to an aromatic ring is 1. The van der Waals surface area contributed by atoms with Crippen LogP contribution in [0.1, 0.15) is 5.56 Å². The predicted molar refractivity (Wildman–Crippen MR) is 89.0 cm³/mol.